The molecule has 0 aliphatic carbocycles. The molecule has 0 saturated carbocycles. The van der Waals surface area contributed by atoms with Gasteiger partial charge in [0.25, 0.3) is 5.69 Å². The SMILES string of the molecule is COc1ccc([N+](=O)[O-])c2c1CCN2C(=O)CC(N)C(=O)O. The molecular weight excluding hydrogens is 294 g/mol. The summed E-state index contributed by atoms with van der Waals surface area (Å²) in [5.41, 5.74) is 5.86. The molecule has 1 aliphatic rings. The number of carboxylic acids is 1. The third kappa shape index (κ3) is 2.70. The number of rotatable bonds is 5. The Balaban J connectivity index is 2.40. The number of amides is 1. The second-order valence-corrected chi connectivity index (χ2v) is 4.82. The zero-order valence-electron chi connectivity index (χ0n) is 11.8. The average Bonchev–Trinajstić information content (AvgIpc) is 2.90. The van der Waals surface area contributed by atoms with E-state index in [1.54, 1.807) is 0 Å². The number of nitrogens with zero attached hydrogens (tertiary/aromatic N) is 2. The highest BCUT2D eigenvalue weighted by molar-refractivity contribution is 6.00. The summed E-state index contributed by atoms with van der Waals surface area (Å²) in [4.78, 5) is 34.8. The van der Waals surface area contributed by atoms with Gasteiger partial charge in [-0.1, -0.05) is 0 Å². The third-order valence-electron chi connectivity index (χ3n) is 3.50. The first-order valence-corrected chi connectivity index (χ1v) is 6.49. The fraction of sp³-hybridized carbons (Fsp3) is 0.385. The van der Waals surface area contributed by atoms with Gasteiger partial charge in [0.05, 0.1) is 18.5 Å². The highest BCUT2D eigenvalue weighted by Crippen LogP contribution is 2.42. The first-order chi connectivity index (χ1) is 10.4. The third-order valence-corrected chi connectivity index (χ3v) is 3.50. The predicted molar refractivity (Wildman–Crippen MR) is 75.9 cm³/mol. The number of nitro benzene ring substituents is 1. The van der Waals surface area contributed by atoms with Crippen LogP contribution < -0.4 is 15.4 Å². The van der Waals surface area contributed by atoms with Crippen LogP contribution in [0.3, 0.4) is 0 Å². The minimum atomic E-state index is -1.35. The van der Waals surface area contributed by atoms with E-state index in [4.69, 9.17) is 15.6 Å². The lowest BCUT2D eigenvalue weighted by Crippen LogP contribution is -2.39. The summed E-state index contributed by atoms with van der Waals surface area (Å²) in [7, 11) is 1.44. The monoisotopic (exact) mass is 309 g/mol. The molecule has 118 valence electrons. The summed E-state index contributed by atoms with van der Waals surface area (Å²) in [5.74, 6) is -1.41. The number of anilines is 1. The molecule has 1 heterocycles. The maximum Gasteiger partial charge on any atom is 0.321 e. The Bertz CT molecular complexity index is 645. The van der Waals surface area contributed by atoms with Crippen molar-refractivity contribution in [2.75, 3.05) is 18.6 Å². The number of nitro groups is 1. The van der Waals surface area contributed by atoms with E-state index in [2.05, 4.69) is 0 Å². The Hall–Kier alpha value is -2.68. The summed E-state index contributed by atoms with van der Waals surface area (Å²) in [6, 6.07) is 1.40. The first kappa shape index (κ1) is 15.7. The van der Waals surface area contributed by atoms with Crippen molar-refractivity contribution in [1.82, 2.24) is 0 Å². The van der Waals surface area contributed by atoms with Crippen LogP contribution in [-0.4, -0.2) is 41.6 Å². The lowest BCUT2D eigenvalue weighted by atomic mass is 10.1. The van der Waals surface area contributed by atoms with Crippen molar-refractivity contribution in [2.24, 2.45) is 5.73 Å². The molecule has 1 aliphatic heterocycles. The molecule has 1 aromatic carbocycles. The largest absolute Gasteiger partial charge is 0.496 e. The number of ether oxygens (including phenoxy) is 1. The van der Waals surface area contributed by atoms with Crippen molar-refractivity contribution in [2.45, 2.75) is 18.9 Å². The second kappa shape index (κ2) is 5.98. The van der Waals surface area contributed by atoms with Crippen molar-refractivity contribution < 1.29 is 24.4 Å². The van der Waals surface area contributed by atoms with Crippen LogP contribution >= 0.6 is 0 Å². The summed E-state index contributed by atoms with van der Waals surface area (Å²) in [5, 5.41) is 19.9. The van der Waals surface area contributed by atoms with Gasteiger partial charge in [-0.3, -0.25) is 19.7 Å². The number of fused-ring (bicyclic) bond motifs is 1. The van der Waals surface area contributed by atoms with Crippen molar-refractivity contribution >= 4 is 23.3 Å². The van der Waals surface area contributed by atoms with Crippen LogP contribution in [0.1, 0.15) is 12.0 Å². The molecule has 0 saturated heterocycles. The lowest BCUT2D eigenvalue weighted by molar-refractivity contribution is -0.384. The molecule has 9 heteroatoms. The highest BCUT2D eigenvalue weighted by Gasteiger charge is 2.35. The quantitative estimate of drug-likeness (QED) is 0.589. The summed E-state index contributed by atoms with van der Waals surface area (Å²) in [6.45, 7) is 0.224. The van der Waals surface area contributed by atoms with Crippen LogP contribution in [0.4, 0.5) is 11.4 Å². The van der Waals surface area contributed by atoms with E-state index < -0.39 is 29.3 Å². The van der Waals surface area contributed by atoms with E-state index in [0.717, 1.165) is 0 Å². The summed E-state index contributed by atoms with van der Waals surface area (Å²) >= 11 is 0. The summed E-state index contributed by atoms with van der Waals surface area (Å²) < 4.78 is 5.16. The highest BCUT2D eigenvalue weighted by atomic mass is 16.6. The van der Waals surface area contributed by atoms with Gasteiger partial charge in [0.1, 0.15) is 17.5 Å². The zero-order valence-corrected chi connectivity index (χ0v) is 11.8. The number of carbonyl (C=O) groups excluding carboxylic acids is 1. The van der Waals surface area contributed by atoms with Crippen LogP contribution in [0.25, 0.3) is 0 Å². The Morgan fingerprint density at radius 3 is 2.77 bits per heavy atom. The van der Waals surface area contributed by atoms with Gasteiger partial charge < -0.3 is 20.5 Å². The molecule has 0 fully saturated rings. The van der Waals surface area contributed by atoms with Gasteiger partial charge in [-0.05, 0) is 12.5 Å². The van der Waals surface area contributed by atoms with E-state index >= 15 is 0 Å². The van der Waals surface area contributed by atoms with Crippen LogP contribution in [-0.2, 0) is 16.0 Å². The number of benzene rings is 1. The molecule has 3 N–H and O–H groups in total. The van der Waals surface area contributed by atoms with Crippen molar-refractivity contribution in [3.63, 3.8) is 0 Å². The molecule has 9 nitrogen and oxygen atoms in total. The number of aliphatic carboxylic acids is 1. The van der Waals surface area contributed by atoms with Gasteiger partial charge in [0.15, 0.2) is 0 Å². The molecule has 0 spiro atoms. The van der Waals surface area contributed by atoms with Gasteiger partial charge >= 0.3 is 5.97 Å². The van der Waals surface area contributed by atoms with Gasteiger partial charge in [0, 0.05) is 18.2 Å². The second-order valence-electron chi connectivity index (χ2n) is 4.82. The number of nitrogens with two attached hydrogens (primary N) is 1. The predicted octanol–water partition coefficient (Wildman–Crippen LogP) is 0.294. The van der Waals surface area contributed by atoms with Crippen LogP contribution in [0.15, 0.2) is 12.1 Å². The fourth-order valence-electron chi connectivity index (χ4n) is 2.46. The number of carbonyl (C=O) groups is 2. The van der Waals surface area contributed by atoms with Crippen LogP contribution in [0.5, 0.6) is 5.75 Å². The van der Waals surface area contributed by atoms with Gasteiger partial charge in [0.2, 0.25) is 5.91 Å². The molecule has 1 amide bonds. The normalized spacial score (nSPS) is 14.4. The molecule has 1 atom stereocenters. The number of methoxy groups -OCH3 is 1. The standard InChI is InChI=1S/C13H15N3O6/c1-22-10-3-2-9(16(20)21)12-7(10)4-5-15(12)11(17)6-8(14)13(18)19/h2-3,8H,4-6,14H2,1H3,(H,18,19). The number of carboxylic acid groups (broad SMARTS) is 1. The Morgan fingerprint density at radius 1 is 1.55 bits per heavy atom. The van der Waals surface area contributed by atoms with E-state index in [0.29, 0.717) is 17.7 Å². The number of hydrogen-bond acceptors (Lipinski definition) is 6. The molecule has 2 rings (SSSR count). The maximum atomic E-state index is 12.2. The van der Waals surface area contributed by atoms with Crippen molar-refractivity contribution in [1.29, 1.82) is 0 Å². The molecule has 0 bridgehead atoms. The molecule has 1 aromatic rings. The molecule has 0 radical (unpaired) electrons. The molecular formula is C13H15N3O6. The van der Waals surface area contributed by atoms with Gasteiger partial charge in [-0.2, -0.15) is 0 Å². The van der Waals surface area contributed by atoms with Crippen LogP contribution in [0.2, 0.25) is 0 Å². The fourth-order valence-corrected chi connectivity index (χ4v) is 2.46. The minimum absolute atomic E-state index is 0.159. The average molecular weight is 309 g/mol. The van der Waals surface area contributed by atoms with Gasteiger partial charge in [-0.15, -0.1) is 0 Å². The Labute approximate surface area is 125 Å². The Kier molecular flexibility index (Phi) is 4.27. The minimum Gasteiger partial charge on any atom is -0.496 e. The van der Waals surface area contributed by atoms with E-state index in [1.165, 1.54) is 24.1 Å². The molecule has 0 aromatic heterocycles. The molecule has 1 unspecified atom stereocenters. The van der Waals surface area contributed by atoms with Crippen LogP contribution in [0, 0.1) is 10.1 Å². The molecule has 22 heavy (non-hydrogen) atoms. The zero-order chi connectivity index (χ0) is 16.4. The van der Waals surface area contributed by atoms with Crippen molar-refractivity contribution in [3.05, 3.63) is 27.8 Å². The van der Waals surface area contributed by atoms with E-state index in [1.807, 2.05) is 0 Å². The summed E-state index contributed by atoms with van der Waals surface area (Å²) in [6.07, 6.45) is -0.0304. The topological polar surface area (TPSA) is 136 Å². The van der Waals surface area contributed by atoms with E-state index in [9.17, 15) is 19.7 Å². The van der Waals surface area contributed by atoms with Gasteiger partial charge in [-0.25, -0.2) is 0 Å². The first-order valence-electron chi connectivity index (χ1n) is 6.49. The lowest BCUT2D eigenvalue weighted by Gasteiger charge is -2.18. The van der Waals surface area contributed by atoms with Crippen molar-refractivity contribution in [3.8, 4) is 5.75 Å². The number of hydrogen-bond donors (Lipinski definition) is 2. The maximum absolute atomic E-state index is 12.2. The Morgan fingerprint density at radius 2 is 2.23 bits per heavy atom. The smallest absolute Gasteiger partial charge is 0.321 e. The van der Waals surface area contributed by atoms with E-state index in [-0.39, 0.29) is 17.9 Å².